The van der Waals surface area contributed by atoms with Crippen LogP contribution in [0.5, 0.6) is 0 Å². The molecule has 3 aliphatic carbocycles. The van der Waals surface area contributed by atoms with Crippen LogP contribution in [0.2, 0.25) is 0 Å². The first-order chi connectivity index (χ1) is 28.2. The molecule has 0 amide bonds. The summed E-state index contributed by atoms with van der Waals surface area (Å²) in [5, 5.41) is 2.53. The summed E-state index contributed by atoms with van der Waals surface area (Å²) >= 11 is 0. The SMILES string of the molecule is c1ccc(-c2cccc(N(c3ccc(-n4c5ccccc5c5cc(-c6ccccc6)ccc54)cc3)c3ccc4c(c3)C3(CC5CCC3C5)c3ccccc3-4)c2)cc1. The maximum absolute atomic E-state index is 2.57. The first-order valence-corrected chi connectivity index (χ1v) is 20.6. The van der Waals surface area contributed by atoms with E-state index in [1.54, 1.807) is 5.56 Å². The fraction of sp³-hybridized carbons (Fsp3) is 0.127. The van der Waals surface area contributed by atoms with Gasteiger partial charge in [0.05, 0.1) is 11.0 Å². The first-order valence-electron chi connectivity index (χ1n) is 20.6. The van der Waals surface area contributed by atoms with E-state index in [4.69, 9.17) is 0 Å². The van der Waals surface area contributed by atoms with E-state index in [-0.39, 0.29) is 5.41 Å². The van der Waals surface area contributed by atoms with E-state index in [1.807, 2.05) is 0 Å². The average molecular weight is 731 g/mol. The van der Waals surface area contributed by atoms with Crippen molar-refractivity contribution in [3.05, 3.63) is 205 Å². The van der Waals surface area contributed by atoms with Crippen LogP contribution in [0, 0.1) is 11.8 Å². The van der Waals surface area contributed by atoms with Crippen LogP contribution in [0.1, 0.15) is 36.8 Å². The molecule has 272 valence electrons. The smallest absolute Gasteiger partial charge is 0.0541 e. The fourth-order valence-electron chi connectivity index (χ4n) is 11.2. The lowest BCUT2D eigenvalue weighted by molar-refractivity contribution is 0.327. The van der Waals surface area contributed by atoms with E-state index in [9.17, 15) is 0 Å². The van der Waals surface area contributed by atoms with Gasteiger partial charge in [0.15, 0.2) is 0 Å². The van der Waals surface area contributed by atoms with Crippen molar-refractivity contribution in [2.45, 2.75) is 31.1 Å². The molecule has 2 fully saturated rings. The number of rotatable bonds is 6. The van der Waals surface area contributed by atoms with Gasteiger partial charge in [-0.05, 0) is 142 Å². The van der Waals surface area contributed by atoms with Crippen LogP contribution in [-0.2, 0) is 5.41 Å². The number of fused-ring (bicyclic) bond motifs is 11. The van der Waals surface area contributed by atoms with Crippen molar-refractivity contribution in [2.75, 3.05) is 4.90 Å². The minimum atomic E-state index is 0.114. The third-order valence-corrected chi connectivity index (χ3v) is 13.6. The highest BCUT2D eigenvalue weighted by Crippen LogP contribution is 2.66. The zero-order valence-electron chi connectivity index (χ0n) is 31.9. The highest BCUT2D eigenvalue weighted by Gasteiger charge is 2.56. The zero-order chi connectivity index (χ0) is 37.5. The van der Waals surface area contributed by atoms with E-state index in [2.05, 4.69) is 204 Å². The van der Waals surface area contributed by atoms with E-state index in [0.29, 0.717) is 5.92 Å². The van der Waals surface area contributed by atoms with Crippen molar-refractivity contribution in [1.29, 1.82) is 0 Å². The van der Waals surface area contributed by atoms with Crippen LogP contribution < -0.4 is 4.90 Å². The minimum Gasteiger partial charge on any atom is -0.310 e. The van der Waals surface area contributed by atoms with E-state index < -0.39 is 0 Å². The molecule has 0 saturated heterocycles. The quantitative estimate of drug-likeness (QED) is 0.165. The van der Waals surface area contributed by atoms with Gasteiger partial charge >= 0.3 is 0 Å². The lowest BCUT2D eigenvalue weighted by Crippen LogP contribution is -2.32. The normalized spacial score (nSPS) is 19.0. The molecule has 0 aliphatic heterocycles. The Kier molecular flexibility index (Phi) is 7.26. The van der Waals surface area contributed by atoms with Gasteiger partial charge in [0.1, 0.15) is 0 Å². The van der Waals surface area contributed by atoms with Crippen molar-refractivity contribution >= 4 is 38.9 Å². The van der Waals surface area contributed by atoms with Crippen molar-refractivity contribution in [3.8, 4) is 39.1 Å². The third kappa shape index (κ3) is 4.96. The molecule has 3 aliphatic rings. The predicted octanol–water partition coefficient (Wildman–Crippen LogP) is 14.7. The van der Waals surface area contributed by atoms with Crippen molar-refractivity contribution in [1.82, 2.24) is 4.57 Å². The summed E-state index contributed by atoms with van der Waals surface area (Å²) in [5.74, 6) is 1.54. The topological polar surface area (TPSA) is 8.17 Å². The molecule has 2 nitrogen and oxygen atoms in total. The van der Waals surface area contributed by atoms with Crippen molar-refractivity contribution in [3.63, 3.8) is 0 Å². The van der Waals surface area contributed by atoms with E-state index in [1.165, 1.54) is 92.1 Å². The molecule has 1 spiro atoms. The lowest BCUT2D eigenvalue weighted by Gasteiger charge is -2.37. The van der Waals surface area contributed by atoms with Crippen LogP contribution in [0.3, 0.4) is 0 Å². The number of hydrogen-bond donors (Lipinski definition) is 0. The molecule has 3 unspecified atom stereocenters. The Balaban J connectivity index is 1.01. The molecule has 9 aromatic rings. The predicted molar refractivity (Wildman–Crippen MR) is 238 cm³/mol. The van der Waals surface area contributed by atoms with Gasteiger partial charge in [-0.1, -0.05) is 134 Å². The molecule has 1 aromatic heterocycles. The number of anilines is 3. The van der Waals surface area contributed by atoms with Crippen molar-refractivity contribution < 1.29 is 0 Å². The Morgan fingerprint density at radius 3 is 1.86 bits per heavy atom. The van der Waals surface area contributed by atoms with Gasteiger partial charge in [0.25, 0.3) is 0 Å². The highest BCUT2D eigenvalue weighted by molar-refractivity contribution is 6.10. The van der Waals surface area contributed by atoms with Crippen LogP contribution in [0.15, 0.2) is 194 Å². The first kappa shape index (κ1) is 32.6. The molecule has 2 bridgehead atoms. The Bertz CT molecular complexity index is 2980. The second-order valence-electron chi connectivity index (χ2n) is 16.5. The molecule has 0 N–H and O–H groups in total. The fourth-order valence-corrected chi connectivity index (χ4v) is 11.2. The van der Waals surface area contributed by atoms with Crippen LogP contribution in [0.25, 0.3) is 60.9 Å². The summed E-state index contributed by atoms with van der Waals surface area (Å²) in [6.45, 7) is 0. The summed E-state index contributed by atoms with van der Waals surface area (Å²) in [6, 6.07) is 72.2. The summed E-state index contributed by atoms with van der Waals surface area (Å²) in [7, 11) is 0. The molecule has 2 heteroatoms. The van der Waals surface area contributed by atoms with Gasteiger partial charge in [0.2, 0.25) is 0 Å². The largest absolute Gasteiger partial charge is 0.310 e. The number of aromatic nitrogens is 1. The monoisotopic (exact) mass is 730 g/mol. The van der Waals surface area contributed by atoms with Crippen LogP contribution in [-0.4, -0.2) is 4.57 Å². The lowest BCUT2D eigenvalue weighted by atomic mass is 9.67. The summed E-state index contributed by atoms with van der Waals surface area (Å²) in [4.78, 5) is 2.48. The number of hydrogen-bond acceptors (Lipinski definition) is 1. The van der Waals surface area contributed by atoms with Crippen LogP contribution >= 0.6 is 0 Å². The summed E-state index contributed by atoms with van der Waals surface area (Å²) < 4.78 is 2.43. The van der Waals surface area contributed by atoms with Gasteiger partial charge in [-0.3, -0.25) is 0 Å². The van der Waals surface area contributed by atoms with Gasteiger partial charge in [-0.25, -0.2) is 0 Å². The van der Waals surface area contributed by atoms with Gasteiger partial charge in [-0.2, -0.15) is 0 Å². The summed E-state index contributed by atoms with van der Waals surface area (Å²) in [5.41, 5.74) is 18.1. The Morgan fingerprint density at radius 2 is 1.09 bits per heavy atom. The molecular formula is C55H42N2. The number of para-hydroxylation sites is 1. The number of benzene rings is 8. The zero-order valence-corrected chi connectivity index (χ0v) is 31.9. The van der Waals surface area contributed by atoms with Crippen molar-refractivity contribution in [2.24, 2.45) is 11.8 Å². The molecule has 1 heterocycles. The molecule has 3 atom stereocenters. The van der Waals surface area contributed by atoms with Gasteiger partial charge < -0.3 is 9.47 Å². The second-order valence-corrected chi connectivity index (χ2v) is 16.5. The van der Waals surface area contributed by atoms with E-state index >= 15 is 0 Å². The molecule has 8 aromatic carbocycles. The van der Waals surface area contributed by atoms with Gasteiger partial charge in [0, 0.05) is 38.9 Å². The highest BCUT2D eigenvalue weighted by atomic mass is 15.1. The van der Waals surface area contributed by atoms with E-state index in [0.717, 1.165) is 23.0 Å². The third-order valence-electron chi connectivity index (χ3n) is 13.6. The molecule has 12 rings (SSSR count). The standard InChI is InChI=1S/C55H42N2/c1-3-12-38(13-4-1)40-16-11-17-45(33-40)56(46-29-30-48-47-18-7-9-20-51(47)55(52(48)35-46)36-37-22-24-42(55)32-37)43-25-27-44(28-26-43)57-53-21-10-8-19-49(53)50-34-41(23-31-54(50)57)39-14-5-2-6-15-39/h1-21,23,25-31,33-35,37,42H,22,24,32,36H2. The maximum Gasteiger partial charge on any atom is 0.0541 e. The number of nitrogens with zero attached hydrogens (tertiary/aromatic N) is 2. The van der Waals surface area contributed by atoms with Crippen LogP contribution in [0.4, 0.5) is 17.1 Å². The van der Waals surface area contributed by atoms with Gasteiger partial charge in [-0.15, -0.1) is 0 Å². The minimum absolute atomic E-state index is 0.114. The average Bonchev–Trinajstić information content (AvgIpc) is 4.05. The Morgan fingerprint density at radius 1 is 0.439 bits per heavy atom. The molecule has 57 heavy (non-hydrogen) atoms. The Labute approximate surface area is 334 Å². The molecule has 2 saturated carbocycles. The maximum atomic E-state index is 2.57. The molecular weight excluding hydrogens is 689 g/mol. The molecule has 0 radical (unpaired) electrons. The summed E-state index contributed by atoms with van der Waals surface area (Å²) in [6.07, 6.45) is 5.35. The Hall–Kier alpha value is -6.64. The second kappa shape index (κ2) is 12.7.